The number of ketones is 1. The van der Waals surface area contributed by atoms with Crippen LogP contribution in [0.25, 0.3) is 6.08 Å². The van der Waals surface area contributed by atoms with E-state index in [1.165, 1.54) is 11.3 Å². The first kappa shape index (κ1) is 19.9. The zero-order chi connectivity index (χ0) is 20.1. The van der Waals surface area contributed by atoms with Crippen LogP contribution in [0.4, 0.5) is 0 Å². The summed E-state index contributed by atoms with van der Waals surface area (Å²) in [7, 11) is 1.65. The molecule has 0 radical (unpaired) electrons. The third-order valence-corrected chi connectivity index (χ3v) is 5.51. The van der Waals surface area contributed by atoms with Crippen molar-refractivity contribution in [2.24, 2.45) is 0 Å². The number of carbonyl (C=O) groups is 1. The maximum atomic E-state index is 12.3. The first-order valence-electron chi connectivity index (χ1n) is 9.12. The Labute approximate surface area is 170 Å². The lowest BCUT2D eigenvalue weighted by Gasteiger charge is -2.14. The van der Waals surface area contributed by atoms with Gasteiger partial charge in [-0.1, -0.05) is 30.3 Å². The molecule has 0 N–H and O–H groups in total. The number of ether oxygens (including phenoxy) is 2. The van der Waals surface area contributed by atoms with Crippen LogP contribution >= 0.6 is 11.3 Å². The number of allylic oxidation sites excluding steroid dienone is 1. The van der Waals surface area contributed by atoms with Crippen molar-refractivity contribution in [3.63, 3.8) is 0 Å². The van der Waals surface area contributed by atoms with Crippen LogP contribution in [-0.2, 0) is 6.61 Å². The number of carbonyl (C=O) groups excluding carboxylic acids is 1. The van der Waals surface area contributed by atoms with Gasteiger partial charge in [-0.25, -0.2) is 0 Å². The number of methoxy groups -OCH3 is 1. The molecule has 0 saturated heterocycles. The van der Waals surface area contributed by atoms with Gasteiger partial charge in [0.1, 0.15) is 18.1 Å². The number of rotatable bonds is 7. The van der Waals surface area contributed by atoms with Crippen LogP contribution < -0.4 is 9.47 Å². The van der Waals surface area contributed by atoms with Gasteiger partial charge in [-0.2, -0.15) is 0 Å². The van der Waals surface area contributed by atoms with E-state index in [0.29, 0.717) is 6.61 Å². The van der Waals surface area contributed by atoms with E-state index in [1.807, 2.05) is 75.4 Å². The smallest absolute Gasteiger partial charge is 0.195 e. The number of para-hydroxylation sites is 1. The summed E-state index contributed by atoms with van der Waals surface area (Å²) in [5.74, 6) is 1.68. The molecule has 0 unspecified atom stereocenters. The highest BCUT2D eigenvalue weighted by Crippen LogP contribution is 2.27. The number of thiophene rings is 1. The topological polar surface area (TPSA) is 35.5 Å². The highest BCUT2D eigenvalue weighted by atomic mass is 32.1. The summed E-state index contributed by atoms with van der Waals surface area (Å²) in [6.45, 7) is 6.47. The van der Waals surface area contributed by atoms with Crippen molar-refractivity contribution >= 4 is 23.2 Å². The fourth-order valence-corrected chi connectivity index (χ4v) is 3.80. The minimum atomic E-state index is 0.0160. The molecule has 0 aliphatic rings. The second kappa shape index (κ2) is 8.89. The molecule has 2 aromatic carbocycles. The van der Waals surface area contributed by atoms with E-state index < -0.39 is 0 Å². The van der Waals surface area contributed by atoms with Crippen LogP contribution in [0.2, 0.25) is 0 Å². The molecule has 3 aromatic rings. The molecular formula is C24H24O3S. The Hall–Kier alpha value is -2.85. The van der Waals surface area contributed by atoms with Gasteiger partial charge >= 0.3 is 0 Å². The van der Waals surface area contributed by atoms with Crippen LogP contribution in [-0.4, -0.2) is 12.9 Å². The predicted octanol–water partition coefficient (Wildman–Crippen LogP) is 6.16. The van der Waals surface area contributed by atoms with E-state index in [0.717, 1.165) is 43.5 Å². The SMILES string of the molecule is COc1ccc(/C=C/C(=O)c2ccc(C)s2)cc1COc1c(C)cccc1C. The van der Waals surface area contributed by atoms with E-state index >= 15 is 0 Å². The minimum absolute atomic E-state index is 0.0160. The molecule has 0 atom stereocenters. The highest BCUT2D eigenvalue weighted by molar-refractivity contribution is 7.14. The van der Waals surface area contributed by atoms with Gasteiger partial charge in [0.2, 0.25) is 0 Å². The molecule has 1 aromatic heterocycles. The number of aryl methyl sites for hydroxylation is 3. The third-order valence-electron chi connectivity index (χ3n) is 4.50. The van der Waals surface area contributed by atoms with E-state index in [2.05, 4.69) is 0 Å². The summed E-state index contributed by atoms with van der Waals surface area (Å²) in [4.78, 5) is 14.2. The number of hydrogen-bond donors (Lipinski definition) is 0. The summed E-state index contributed by atoms with van der Waals surface area (Å²) in [6, 6.07) is 15.8. The summed E-state index contributed by atoms with van der Waals surface area (Å²) in [5, 5.41) is 0. The summed E-state index contributed by atoms with van der Waals surface area (Å²) < 4.78 is 11.6. The Bertz CT molecular complexity index is 994. The molecule has 3 nitrogen and oxygen atoms in total. The van der Waals surface area contributed by atoms with Crippen LogP contribution in [0.1, 0.15) is 36.8 Å². The van der Waals surface area contributed by atoms with Crippen molar-refractivity contribution in [2.45, 2.75) is 27.4 Å². The molecule has 0 amide bonds. The Kier molecular flexibility index (Phi) is 6.32. The molecule has 0 fully saturated rings. The van der Waals surface area contributed by atoms with E-state index in [4.69, 9.17) is 9.47 Å². The summed E-state index contributed by atoms with van der Waals surface area (Å²) in [5.41, 5.74) is 4.08. The molecule has 0 bridgehead atoms. The third kappa shape index (κ3) is 4.70. The lowest BCUT2D eigenvalue weighted by molar-refractivity contribution is 0.105. The molecule has 0 saturated carbocycles. The van der Waals surface area contributed by atoms with E-state index in [-0.39, 0.29) is 5.78 Å². The molecule has 1 heterocycles. The van der Waals surface area contributed by atoms with Gasteiger partial charge in [0, 0.05) is 10.4 Å². The zero-order valence-electron chi connectivity index (χ0n) is 16.6. The molecule has 0 spiro atoms. The standard InChI is InChI=1S/C24H24O3S/c1-16-6-5-7-17(2)24(16)27-15-20-14-19(10-12-22(20)26-4)9-11-21(25)23-13-8-18(3)28-23/h5-14H,15H2,1-4H3/b11-9+. The van der Waals surface area contributed by atoms with Crippen molar-refractivity contribution < 1.29 is 14.3 Å². The molecule has 3 rings (SSSR count). The van der Waals surface area contributed by atoms with Gasteiger partial charge < -0.3 is 9.47 Å². The number of benzene rings is 2. The first-order chi connectivity index (χ1) is 13.5. The van der Waals surface area contributed by atoms with Gasteiger partial charge in [-0.05, 0) is 67.8 Å². The summed E-state index contributed by atoms with van der Waals surface area (Å²) in [6.07, 6.45) is 3.45. The Morgan fingerprint density at radius 3 is 2.43 bits per heavy atom. The lowest BCUT2D eigenvalue weighted by atomic mass is 10.1. The Morgan fingerprint density at radius 2 is 1.79 bits per heavy atom. The van der Waals surface area contributed by atoms with Crippen molar-refractivity contribution in [3.8, 4) is 11.5 Å². The Morgan fingerprint density at radius 1 is 1.04 bits per heavy atom. The summed E-state index contributed by atoms with van der Waals surface area (Å²) >= 11 is 1.51. The van der Waals surface area contributed by atoms with Gasteiger partial charge in [0.05, 0.1) is 12.0 Å². The second-order valence-electron chi connectivity index (χ2n) is 6.69. The number of hydrogen-bond acceptors (Lipinski definition) is 4. The van der Waals surface area contributed by atoms with Crippen LogP contribution in [0.15, 0.2) is 54.6 Å². The van der Waals surface area contributed by atoms with Gasteiger partial charge in [0.25, 0.3) is 0 Å². The molecule has 144 valence electrons. The van der Waals surface area contributed by atoms with Gasteiger partial charge in [-0.3, -0.25) is 4.79 Å². The molecular weight excluding hydrogens is 368 g/mol. The molecule has 4 heteroatoms. The lowest BCUT2D eigenvalue weighted by Crippen LogP contribution is -2.01. The van der Waals surface area contributed by atoms with Crippen molar-refractivity contribution in [1.29, 1.82) is 0 Å². The van der Waals surface area contributed by atoms with Crippen molar-refractivity contribution in [2.75, 3.05) is 7.11 Å². The normalized spacial score (nSPS) is 11.0. The predicted molar refractivity (Wildman–Crippen MR) is 116 cm³/mol. The second-order valence-corrected chi connectivity index (χ2v) is 7.98. The molecule has 28 heavy (non-hydrogen) atoms. The maximum Gasteiger partial charge on any atom is 0.195 e. The fraction of sp³-hybridized carbons (Fsp3) is 0.208. The highest BCUT2D eigenvalue weighted by Gasteiger charge is 2.09. The monoisotopic (exact) mass is 392 g/mol. The van der Waals surface area contributed by atoms with Gasteiger partial charge in [-0.15, -0.1) is 11.3 Å². The van der Waals surface area contributed by atoms with E-state index in [1.54, 1.807) is 13.2 Å². The fourth-order valence-electron chi connectivity index (χ4n) is 3.01. The quantitative estimate of drug-likeness (QED) is 0.357. The van der Waals surface area contributed by atoms with Gasteiger partial charge in [0.15, 0.2) is 5.78 Å². The average molecular weight is 393 g/mol. The van der Waals surface area contributed by atoms with Crippen molar-refractivity contribution in [3.05, 3.63) is 86.6 Å². The molecule has 0 aliphatic carbocycles. The van der Waals surface area contributed by atoms with Crippen LogP contribution in [0, 0.1) is 20.8 Å². The Balaban J connectivity index is 1.78. The van der Waals surface area contributed by atoms with Crippen LogP contribution in [0.5, 0.6) is 11.5 Å². The average Bonchev–Trinajstić information content (AvgIpc) is 3.12. The largest absolute Gasteiger partial charge is 0.496 e. The molecule has 0 aliphatic heterocycles. The first-order valence-corrected chi connectivity index (χ1v) is 9.94. The van der Waals surface area contributed by atoms with E-state index in [9.17, 15) is 4.79 Å². The van der Waals surface area contributed by atoms with Crippen molar-refractivity contribution in [1.82, 2.24) is 0 Å². The minimum Gasteiger partial charge on any atom is -0.496 e. The zero-order valence-corrected chi connectivity index (χ0v) is 17.4. The van der Waals surface area contributed by atoms with Crippen LogP contribution in [0.3, 0.4) is 0 Å². The maximum absolute atomic E-state index is 12.3.